The van der Waals surface area contributed by atoms with E-state index < -0.39 is 23.8 Å². The van der Waals surface area contributed by atoms with Gasteiger partial charge in [0.25, 0.3) is 5.91 Å². The van der Waals surface area contributed by atoms with E-state index in [1.807, 2.05) is 88.4 Å². The predicted octanol–water partition coefficient (Wildman–Crippen LogP) is 7.09. The van der Waals surface area contributed by atoms with Crippen molar-refractivity contribution >= 4 is 34.4 Å². The van der Waals surface area contributed by atoms with Crippen LogP contribution in [0, 0.1) is 19.8 Å². The van der Waals surface area contributed by atoms with Crippen LogP contribution < -0.4 is 10.6 Å². The van der Waals surface area contributed by atoms with Crippen LogP contribution in [0.2, 0.25) is 0 Å². The molecule has 0 spiro atoms. The average Bonchev–Trinajstić information content (AvgIpc) is 2.91. The molecule has 0 radical (unpaired) electrons. The van der Waals surface area contributed by atoms with Crippen LogP contribution in [0.3, 0.4) is 0 Å². The number of amides is 3. The summed E-state index contributed by atoms with van der Waals surface area (Å²) in [6, 6.07) is 17.6. The number of carbonyl (C=O) groups excluding carboxylic acids is 3. The van der Waals surface area contributed by atoms with Gasteiger partial charge in [-0.3, -0.25) is 9.59 Å². The fourth-order valence-electron chi connectivity index (χ4n) is 4.92. The zero-order valence-corrected chi connectivity index (χ0v) is 25.3. The van der Waals surface area contributed by atoms with Crippen molar-refractivity contribution in [3.63, 3.8) is 0 Å². The Morgan fingerprint density at radius 3 is 2.20 bits per heavy atom. The van der Waals surface area contributed by atoms with Gasteiger partial charge in [-0.15, -0.1) is 6.58 Å². The maximum atomic E-state index is 14.3. The molecule has 2 N–H and O–H groups in total. The molecule has 0 aliphatic carbocycles. The highest BCUT2D eigenvalue weighted by Crippen LogP contribution is 2.31. The molecule has 3 aromatic carbocycles. The molecule has 7 heteroatoms. The second-order valence-corrected chi connectivity index (χ2v) is 11.5. The molecule has 218 valence electrons. The number of benzene rings is 3. The molecule has 0 saturated heterocycles. The lowest BCUT2D eigenvalue weighted by atomic mass is 9.92. The number of hydrogen-bond donors (Lipinski definition) is 2. The molecule has 0 heterocycles. The van der Waals surface area contributed by atoms with Crippen LogP contribution in [0.4, 0.5) is 10.5 Å². The fraction of sp³-hybridized carbons (Fsp3) is 0.382. The van der Waals surface area contributed by atoms with Crippen LogP contribution in [0.25, 0.3) is 10.8 Å². The minimum Gasteiger partial charge on any atom is -0.444 e. The van der Waals surface area contributed by atoms with Crippen LogP contribution >= 0.6 is 0 Å². The summed E-state index contributed by atoms with van der Waals surface area (Å²) in [5.41, 5.74) is 2.40. The van der Waals surface area contributed by atoms with Crippen LogP contribution in [-0.4, -0.2) is 41.0 Å². The summed E-state index contributed by atoms with van der Waals surface area (Å²) in [6.45, 7) is 17.0. The number of nitrogens with one attached hydrogen (secondary N) is 2. The van der Waals surface area contributed by atoms with Gasteiger partial charge in [0.05, 0.1) is 0 Å². The third-order valence-electron chi connectivity index (χ3n) is 7.15. The quantitative estimate of drug-likeness (QED) is 0.261. The second kappa shape index (κ2) is 13.5. The Bertz CT molecular complexity index is 1390. The third-order valence-corrected chi connectivity index (χ3v) is 7.15. The minimum absolute atomic E-state index is 0.103. The van der Waals surface area contributed by atoms with Crippen molar-refractivity contribution in [1.82, 2.24) is 10.2 Å². The lowest BCUT2D eigenvalue weighted by Gasteiger charge is -2.36. The van der Waals surface area contributed by atoms with Gasteiger partial charge in [-0.05, 0) is 80.1 Å². The smallest absolute Gasteiger partial charge is 0.408 e. The first kappa shape index (κ1) is 31.4. The van der Waals surface area contributed by atoms with E-state index in [2.05, 4.69) is 17.2 Å². The Kier molecular flexibility index (Phi) is 10.3. The highest BCUT2D eigenvalue weighted by molar-refractivity contribution is 6.01. The molecule has 3 atom stereocenters. The predicted molar refractivity (Wildman–Crippen MR) is 166 cm³/mol. The number of hydrogen-bond acceptors (Lipinski definition) is 4. The normalized spacial score (nSPS) is 13.5. The standard InChI is InChI=1S/C34H43N3O4/c1-9-20-37(32(39)29(22(3)10-2)36-33(40)41-34(6,7)8)30(28-23(4)14-13-15-24(28)5)31(38)35-27-19-18-25-16-11-12-17-26(25)21-27/h9,11-19,21-22,29-30H,1,10,20H2,2-8H3,(H,35,38)(H,36,40). The molecular weight excluding hydrogens is 514 g/mol. The van der Waals surface area contributed by atoms with Crippen molar-refractivity contribution in [2.45, 2.75) is 72.6 Å². The van der Waals surface area contributed by atoms with Crippen molar-refractivity contribution in [2.75, 3.05) is 11.9 Å². The topological polar surface area (TPSA) is 87.7 Å². The minimum atomic E-state index is -0.972. The van der Waals surface area contributed by atoms with Crippen molar-refractivity contribution in [3.05, 3.63) is 90.0 Å². The lowest BCUT2D eigenvalue weighted by Crippen LogP contribution is -2.55. The number of carbonyl (C=O) groups is 3. The third kappa shape index (κ3) is 7.97. The van der Waals surface area contributed by atoms with Gasteiger partial charge in [-0.25, -0.2) is 4.79 Å². The monoisotopic (exact) mass is 557 g/mol. The van der Waals surface area contributed by atoms with Gasteiger partial charge in [0.15, 0.2) is 0 Å². The molecule has 41 heavy (non-hydrogen) atoms. The Morgan fingerprint density at radius 1 is 0.976 bits per heavy atom. The van der Waals surface area contributed by atoms with Crippen LogP contribution in [0.5, 0.6) is 0 Å². The Balaban J connectivity index is 2.08. The van der Waals surface area contributed by atoms with Crippen molar-refractivity contribution in [3.8, 4) is 0 Å². The zero-order valence-electron chi connectivity index (χ0n) is 25.3. The number of anilines is 1. The van der Waals surface area contributed by atoms with E-state index in [4.69, 9.17) is 4.74 Å². The first-order valence-corrected chi connectivity index (χ1v) is 14.1. The Morgan fingerprint density at radius 2 is 1.61 bits per heavy atom. The number of ether oxygens (including phenoxy) is 1. The van der Waals surface area contributed by atoms with E-state index in [0.717, 1.165) is 27.5 Å². The van der Waals surface area contributed by atoms with Gasteiger partial charge in [0, 0.05) is 12.2 Å². The molecule has 3 aromatic rings. The summed E-state index contributed by atoms with van der Waals surface area (Å²) in [7, 11) is 0. The number of alkyl carbamates (subject to hydrolysis) is 1. The van der Waals surface area contributed by atoms with E-state index in [0.29, 0.717) is 12.1 Å². The van der Waals surface area contributed by atoms with Crippen molar-refractivity contribution in [2.24, 2.45) is 5.92 Å². The summed E-state index contributed by atoms with van der Waals surface area (Å²) < 4.78 is 5.48. The zero-order chi connectivity index (χ0) is 30.3. The Labute approximate surface area is 244 Å². The average molecular weight is 558 g/mol. The fourth-order valence-corrected chi connectivity index (χ4v) is 4.92. The summed E-state index contributed by atoms with van der Waals surface area (Å²) in [5, 5.41) is 7.90. The summed E-state index contributed by atoms with van der Waals surface area (Å²) in [4.78, 5) is 42.8. The lowest BCUT2D eigenvalue weighted by molar-refractivity contribution is -0.141. The van der Waals surface area contributed by atoms with E-state index in [-0.39, 0.29) is 24.3 Å². The van der Waals surface area contributed by atoms with Gasteiger partial charge in [-0.2, -0.15) is 0 Å². The SMILES string of the molecule is C=CCN(C(=O)C(NC(=O)OC(C)(C)C)C(C)CC)C(C(=O)Nc1ccc2ccccc2c1)c1c(C)cccc1C. The van der Waals surface area contributed by atoms with Gasteiger partial charge in [-0.1, -0.05) is 74.9 Å². The number of nitrogens with zero attached hydrogens (tertiary/aromatic N) is 1. The van der Waals surface area contributed by atoms with Gasteiger partial charge < -0.3 is 20.3 Å². The first-order chi connectivity index (χ1) is 19.4. The number of aryl methyl sites for hydroxylation is 2. The molecule has 3 amide bonds. The van der Waals surface area contributed by atoms with Crippen molar-refractivity contribution in [1.29, 1.82) is 0 Å². The molecule has 3 unspecified atom stereocenters. The number of rotatable bonds is 10. The molecule has 0 bridgehead atoms. The molecule has 0 aromatic heterocycles. The first-order valence-electron chi connectivity index (χ1n) is 14.1. The molecule has 7 nitrogen and oxygen atoms in total. The molecule has 0 saturated carbocycles. The van der Waals surface area contributed by atoms with Crippen molar-refractivity contribution < 1.29 is 19.1 Å². The van der Waals surface area contributed by atoms with E-state index in [1.165, 1.54) is 4.90 Å². The maximum Gasteiger partial charge on any atom is 0.408 e. The van der Waals surface area contributed by atoms with Gasteiger partial charge in [0.1, 0.15) is 17.7 Å². The molecule has 3 rings (SSSR count). The molecular formula is C34H43N3O4. The maximum absolute atomic E-state index is 14.3. The summed E-state index contributed by atoms with van der Waals surface area (Å²) in [6.07, 6.45) is 1.55. The molecule has 0 aliphatic heterocycles. The Hall–Kier alpha value is -4.13. The van der Waals surface area contributed by atoms with E-state index in [1.54, 1.807) is 26.8 Å². The highest BCUT2D eigenvalue weighted by Gasteiger charge is 2.38. The molecule has 0 aliphatic rings. The van der Waals surface area contributed by atoms with Crippen LogP contribution in [-0.2, 0) is 14.3 Å². The van der Waals surface area contributed by atoms with Gasteiger partial charge >= 0.3 is 6.09 Å². The van der Waals surface area contributed by atoms with Gasteiger partial charge in [0.2, 0.25) is 5.91 Å². The number of fused-ring (bicyclic) bond motifs is 1. The molecule has 0 fully saturated rings. The van der Waals surface area contributed by atoms with E-state index >= 15 is 0 Å². The van der Waals surface area contributed by atoms with Crippen LogP contribution in [0.1, 0.15) is 63.8 Å². The van der Waals surface area contributed by atoms with E-state index in [9.17, 15) is 14.4 Å². The largest absolute Gasteiger partial charge is 0.444 e. The highest BCUT2D eigenvalue weighted by atomic mass is 16.6. The summed E-state index contributed by atoms with van der Waals surface area (Å²) >= 11 is 0. The van der Waals surface area contributed by atoms with Crippen LogP contribution in [0.15, 0.2) is 73.3 Å². The second-order valence-electron chi connectivity index (χ2n) is 11.5. The summed E-state index contributed by atoms with van der Waals surface area (Å²) in [5.74, 6) is -0.955.